The van der Waals surface area contributed by atoms with Gasteiger partial charge in [0.1, 0.15) is 5.75 Å². The smallest absolute Gasteiger partial charge is 0.313 e. The Morgan fingerprint density at radius 1 is 1.02 bits per heavy atom. The van der Waals surface area contributed by atoms with E-state index in [2.05, 4.69) is 53.4 Å². The fraction of sp³-hybridized carbons (Fsp3) is 0.471. The van der Waals surface area contributed by atoms with Gasteiger partial charge in [0.2, 0.25) is 12.3 Å². The lowest BCUT2D eigenvalue weighted by molar-refractivity contribution is -0.944. The number of quaternary nitrogens is 1. The van der Waals surface area contributed by atoms with Gasteiger partial charge < -0.3 is 43.3 Å². The zero-order valence-electron chi connectivity index (χ0n) is 25.4. The van der Waals surface area contributed by atoms with Crippen LogP contribution in [0.5, 0.6) is 5.75 Å². The van der Waals surface area contributed by atoms with E-state index in [1.54, 1.807) is 11.3 Å². The normalized spacial score (nSPS) is 14.6. The molecule has 0 radical (unpaired) electrons. The molecule has 0 amide bonds. The highest BCUT2D eigenvalue weighted by Crippen LogP contribution is 2.32. The molecule has 3 heterocycles. The number of fused-ring (bicyclic) bond motifs is 2. The molecule has 0 saturated carbocycles. The quantitative estimate of drug-likeness (QED) is 0.0927. The lowest BCUT2D eigenvalue weighted by Gasteiger charge is -2.45. The molecule has 232 valence electrons. The van der Waals surface area contributed by atoms with Gasteiger partial charge in [-0.1, -0.05) is 32.8 Å². The average Bonchev–Trinajstić information content (AvgIpc) is 3.49. The molecule has 1 fully saturated rings. The van der Waals surface area contributed by atoms with Crippen molar-refractivity contribution in [2.24, 2.45) is 5.92 Å². The predicted molar refractivity (Wildman–Crippen MR) is 172 cm³/mol. The number of hydrogen-bond acceptors (Lipinski definition) is 6. The molecule has 0 spiro atoms. The Balaban J connectivity index is 0.00000423. The van der Waals surface area contributed by atoms with E-state index in [0.29, 0.717) is 13.3 Å². The summed E-state index contributed by atoms with van der Waals surface area (Å²) in [5.41, 5.74) is 1.98. The summed E-state index contributed by atoms with van der Waals surface area (Å²) in [6.45, 7) is 10.0. The van der Waals surface area contributed by atoms with Crippen LogP contribution in [0.15, 0.2) is 64.8 Å². The Hall–Kier alpha value is -2.63. The first-order valence-electron chi connectivity index (χ1n) is 15.5. The summed E-state index contributed by atoms with van der Waals surface area (Å²) in [6, 6.07) is 18.0. The second kappa shape index (κ2) is 15.9. The molecule has 7 nitrogen and oxygen atoms in total. The number of nitrogens with one attached hydrogen (secondary N) is 1. The number of rotatable bonds is 14. The molecule has 1 saturated heterocycles. The first-order chi connectivity index (χ1) is 20.5. The van der Waals surface area contributed by atoms with Crippen LogP contribution >= 0.6 is 11.3 Å². The SMILES string of the molecule is CCCC(CCC)C(=O)OC[N+]1(CCCCOc2ccc3ccc(=O)[nH]c3c2)CCN(c2cccc3sccc23)CC1.[I-]. The van der Waals surface area contributed by atoms with Gasteiger partial charge in [-0.3, -0.25) is 14.1 Å². The number of halogens is 1. The van der Waals surface area contributed by atoms with Gasteiger partial charge in [0.05, 0.1) is 50.8 Å². The molecule has 43 heavy (non-hydrogen) atoms. The molecule has 1 N–H and O–H groups in total. The van der Waals surface area contributed by atoms with Crippen molar-refractivity contribution in [3.63, 3.8) is 0 Å². The Morgan fingerprint density at radius 2 is 1.79 bits per heavy atom. The number of ether oxygens (including phenoxy) is 2. The molecule has 5 rings (SSSR count). The number of thiophene rings is 1. The van der Waals surface area contributed by atoms with Gasteiger partial charge in [0.15, 0.2) is 0 Å². The second-order valence-electron chi connectivity index (χ2n) is 11.6. The molecular weight excluding hydrogens is 673 g/mol. The zero-order chi connectivity index (χ0) is 29.4. The van der Waals surface area contributed by atoms with Gasteiger partial charge in [0.25, 0.3) is 0 Å². The van der Waals surface area contributed by atoms with E-state index in [9.17, 15) is 9.59 Å². The highest BCUT2D eigenvalue weighted by Gasteiger charge is 2.35. The summed E-state index contributed by atoms with van der Waals surface area (Å²) in [7, 11) is 0. The van der Waals surface area contributed by atoms with Gasteiger partial charge in [0, 0.05) is 27.9 Å². The number of piperazine rings is 1. The third-order valence-electron chi connectivity index (χ3n) is 8.58. The van der Waals surface area contributed by atoms with E-state index < -0.39 is 0 Å². The van der Waals surface area contributed by atoms with E-state index in [-0.39, 0.29) is 41.4 Å². The van der Waals surface area contributed by atoms with Crippen molar-refractivity contribution in [2.75, 3.05) is 51.0 Å². The Kier molecular flexibility index (Phi) is 12.3. The van der Waals surface area contributed by atoms with Crippen molar-refractivity contribution >= 4 is 44.0 Å². The summed E-state index contributed by atoms with van der Waals surface area (Å²) < 4.78 is 14.2. The van der Waals surface area contributed by atoms with E-state index in [1.165, 1.54) is 21.8 Å². The topological polar surface area (TPSA) is 71.6 Å². The van der Waals surface area contributed by atoms with Crippen LogP contribution in [0.2, 0.25) is 0 Å². The van der Waals surface area contributed by atoms with Gasteiger partial charge in [-0.15, -0.1) is 11.3 Å². The molecule has 0 aliphatic carbocycles. The minimum Gasteiger partial charge on any atom is -1.00 e. The highest BCUT2D eigenvalue weighted by molar-refractivity contribution is 7.17. The van der Waals surface area contributed by atoms with Crippen molar-refractivity contribution in [2.45, 2.75) is 52.4 Å². The first kappa shape index (κ1) is 33.3. The van der Waals surface area contributed by atoms with Crippen LogP contribution in [0.1, 0.15) is 52.4 Å². The van der Waals surface area contributed by atoms with E-state index >= 15 is 0 Å². The molecule has 4 aromatic rings. The number of H-pyrrole nitrogens is 1. The largest absolute Gasteiger partial charge is 1.00 e. The number of esters is 1. The molecule has 9 heteroatoms. The molecule has 1 aliphatic heterocycles. The van der Waals surface area contributed by atoms with Crippen LogP contribution in [-0.2, 0) is 9.53 Å². The second-order valence-corrected chi connectivity index (χ2v) is 12.6. The maximum atomic E-state index is 13.1. The third kappa shape index (κ3) is 8.51. The standard InChI is InChI=1S/C34H43N3O4S.HI/c1-3-8-27(9-4-2)34(39)41-25-37(20-17-36(18-21-37)31-10-7-11-32-29(31)16-23-42-32)19-5-6-22-40-28-14-12-26-13-15-33(38)35-30(26)24-28;/h7,10-16,23-24,27H,3-6,8-9,17-22,25H2,1-2H3;1H. The maximum Gasteiger partial charge on any atom is 0.313 e. The summed E-state index contributed by atoms with van der Waals surface area (Å²) in [5, 5.41) is 4.48. The lowest BCUT2D eigenvalue weighted by Crippen LogP contribution is -3.00. The minimum absolute atomic E-state index is 0. The zero-order valence-corrected chi connectivity index (χ0v) is 28.3. The molecule has 0 bridgehead atoms. The van der Waals surface area contributed by atoms with Gasteiger partial charge in [-0.05, 0) is 72.8 Å². The lowest BCUT2D eigenvalue weighted by atomic mass is 9.99. The fourth-order valence-electron chi connectivity index (χ4n) is 6.15. The molecule has 0 atom stereocenters. The number of carbonyl (C=O) groups excluding carboxylic acids is 1. The summed E-state index contributed by atoms with van der Waals surface area (Å²) in [6.07, 6.45) is 5.67. The molecular formula is C34H44IN3O4S. The molecule has 2 aromatic heterocycles. The molecule has 1 aliphatic rings. The number of carbonyl (C=O) groups is 1. The fourth-order valence-corrected chi connectivity index (χ4v) is 6.96. The average molecular weight is 718 g/mol. The number of benzene rings is 2. The molecule has 2 aromatic carbocycles. The van der Waals surface area contributed by atoms with Crippen LogP contribution < -0.4 is 39.2 Å². The number of nitrogens with zero attached hydrogens (tertiary/aromatic N) is 2. The Bertz CT molecular complexity index is 1520. The van der Waals surface area contributed by atoms with Gasteiger partial charge in [-0.2, -0.15) is 0 Å². The summed E-state index contributed by atoms with van der Waals surface area (Å²) >= 11 is 1.79. The number of unbranched alkanes of at least 4 members (excludes halogenated alkanes) is 1. The highest BCUT2D eigenvalue weighted by atomic mass is 127. The monoisotopic (exact) mass is 717 g/mol. The van der Waals surface area contributed by atoms with Crippen molar-refractivity contribution in [1.29, 1.82) is 0 Å². The maximum absolute atomic E-state index is 13.1. The van der Waals surface area contributed by atoms with Crippen LogP contribution in [0, 0.1) is 5.92 Å². The number of hydrogen-bond donors (Lipinski definition) is 1. The number of anilines is 1. The van der Waals surface area contributed by atoms with E-state index in [4.69, 9.17) is 9.47 Å². The van der Waals surface area contributed by atoms with Crippen LogP contribution in [0.25, 0.3) is 21.0 Å². The third-order valence-corrected chi connectivity index (χ3v) is 9.46. The minimum atomic E-state index is -0.114. The number of aromatic nitrogens is 1. The Labute approximate surface area is 275 Å². The van der Waals surface area contributed by atoms with Gasteiger partial charge >= 0.3 is 5.97 Å². The van der Waals surface area contributed by atoms with Gasteiger partial charge in [-0.25, -0.2) is 0 Å². The van der Waals surface area contributed by atoms with Crippen LogP contribution in [0.3, 0.4) is 0 Å². The van der Waals surface area contributed by atoms with Crippen molar-refractivity contribution < 1.29 is 42.7 Å². The summed E-state index contributed by atoms with van der Waals surface area (Å²) in [4.78, 5) is 30.1. The van der Waals surface area contributed by atoms with Crippen molar-refractivity contribution in [1.82, 2.24) is 4.98 Å². The van der Waals surface area contributed by atoms with Crippen LogP contribution in [-0.4, -0.2) is 61.5 Å². The van der Waals surface area contributed by atoms with E-state index in [1.807, 2.05) is 24.3 Å². The van der Waals surface area contributed by atoms with Crippen molar-refractivity contribution in [3.8, 4) is 5.75 Å². The Morgan fingerprint density at radius 3 is 2.56 bits per heavy atom. The predicted octanol–water partition coefficient (Wildman–Crippen LogP) is 3.96. The van der Waals surface area contributed by atoms with Crippen molar-refractivity contribution in [3.05, 3.63) is 70.3 Å². The number of pyridine rings is 1. The number of aromatic amines is 1. The first-order valence-corrected chi connectivity index (χ1v) is 16.4. The molecule has 0 unspecified atom stereocenters. The summed E-state index contributed by atoms with van der Waals surface area (Å²) in [5.74, 6) is 0.735. The van der Waals surface area contributed by atoms with E-state index in [0.717, 1.165) is 92.4 Å². The van der Waals surface area contributed by atoms with Crippen LogP contribution in [0.4, 0.5) is 5.69 Å².